The van der Waals surface area contributed by atoms with Gasteiger partial charge in [-0.3, -0.25) is 14.9 Å². The number of nitrogens with zero attached hydrogens (tertiary/aromatic N) is 3. The van der Waals surface area contributed by atoms with Gasteiger partial charge in [0, 0.05) is 5.56 Å². The number of aliphatic hydroxyl groups is 1. The van der Waals surface area contributed by atoms with E-state index in [1.54, 1.807) is 28.9 Å². The van der Waals surface area contributed by atoms with Crippen molar-refractivity contribution in [1.29, 1.82) is 0 Å². The minimum Gasteiger partial charge on any atom is -0.394 e. The van der Waals surface area contributed by atoms with E-state index in [-0.39, 0.29) is 36.1 Å². The van der Waals surface area contributed by atoms with E-state index in [4.69, 9.17) is 0 Å². The SMILES string of the molecule is CC(C)[C@@H](CO)NC(=O)c1nn(C(C)(C)C)c2nc(NC(=O)c3ccccc3)sc12. The van der Waals surface area contributed by atoms with Crippen molar-refractivity contribution in [3.05, 3.63) is 41.6 Å². The molecule has 0 spiro atoms. The summed E-state index contributed by atoms with van der Waals surface area (Å²) in [6.45, 7) is 9.59. The van der Waals surface area contributed by atoms with E-state index in [2.05, 4.69) is 20.7 Å². The third-order valence-corrected chi connectivity index (χ3v) is 5.62. The van der Waals surface area contributed by atoms with Crippen LogP contribution >= 0.6 is 11.3 Å². The normalized spacial score (nSPS) is 12.9. The summed E-state index contributed by atoms with van der Waals surface area (Å²) in [5.41, 5.74) is 0.873. The summed E-state index contributed by atoms with van der Waals surface area (Å²) in [6.07, 6.45) is 0. The molecule has 3 N–H and O–H groups in total. The monoisotopic (exact) mass is 429 g/mol. The maximum atomic E-state index is 12.9. The minimum absolute atomic E-state index is 0.0707. The number of aromatic nitrogens is 3. The number of carbonyl (C=O) groups excluding carboxylic acids is 2. The summed E-state index contributed by atoms with van der Waals surface area (Å²) >= 11 is 1.21. The number of benzene rings is 1. The number of aliphatic hydroxyl groups excluding tert-OH is 1. The highest BCUT2D eigenvalue weighted by molar-refractivity contribution is 7.22. The van der Waals surface area contributed by atoms with Crippen molar-refractivity contribution in [3.8, 4) is 0 Å². The Labute approximate surface area is 179 Å². The average molecular weight is 430 g/mol. The van der Waals surface area contributed by atoms with Gasteiger partial charge in [0.15, 0.2) is 16.5 Å². The Morgan fingerprint density at radius 3 is 2.40 bits per heavy atom. The molecule has 0 saturated carbocycles. The second-order valence-corrected chi connectivity index (χ2v) is 9.43. The number of rotatable bonds is 6. The molecule has 3 rings (SSSR count). The molecular weight excluding hydrogens is 402 g/mol. The predicted molar refractivity (Wildman–Crippen MR) is 118 cm³/mol. The standard InChI is InChI=1S/C21H27N5O3S/c1-12(2)14(11-27)22-19(29)15-16-17(26(25-15)21(3,4)5)23-20(30-16)24-18(28)13-9-7-6-8-10-13/h6-10,12,14,27H,11H2,1-5H3,(H,22,29)(H,23,24,28)/t14-/m1/s1. The summed E-state index contributed by atoms with van der Waals surface area (Å²) in [6, 6.07) is 8.49. The lowest BCUT2D eigenvalue weighted by molar-refractivity contribution is 0.0891. The molecular formula is C21H27N5O3S. The Kier molecular flexibility index (Phi) is 6.23. The topological polar surface area (TPSA) is 109 Å². The molecule has 0 bridgehead atoms. The quantitative estimate of drug-likeness (QED) is 0.557. The van der Waals surface area contributed by atoms with Crippen LogP contribution in [0.15, 0.2) is 30.3 Å². The molecule has 8 nitrogen and oxygen atoms in total. The van der Waals surface area contributed by atoms with Gasteiger partial charge in [-0.15, -0.1) is 0 Å². The number of amides is 2. The largest absolute Gasteiger partial charge is 0.394 e. The summed E-state index contributed by atoms with van der Waals surface area (Å²) in [5, 5.41) is 20.1. The second-order valence-electron chi connectivity index (χ2n) is 8.43. The van der Waals surface area contributed by atoms with E-state index in [0.29, 0.717) is 21.0 Å². The zero-order valence-corrected chi connectivity index (χ0v) is 18.6. The molecule has 0 fully saturated rings. The van der Waals surface area contributed by atoms with Crippen molar-refractivity contribution in [3.63, 3.8) is 0 Å². The molecule has 160 valence electrons. The van der Waals surface area contributed by atoms with Crippen LogP contribution in [0.25, 0.3) is 10.3 Å². The number of nitrogens with one attached hydrogen (secondary N) is 2. The molecule has 2 aromatic heterocycles. The van der Waals surface area contributed by atoms with Crippen molar-refractivity contribution < 1.29 is 14.7 Å². The Hall–Kier alpha value is -2.78. The zero-order valence-electron chi connectivity index (χ0n) is 17.8. The molecule has 1 atom stereocenters. The van der Waals surface area contributed by atoms with E-state index in [1.807, 2.05) is 40.7 Å². The van der Waals surface area contributed by atoms with E-state index in [1.165, 1.54) is 11.3 Å². The lowest BCUT2D eigenvalue weighted by atomic mass is 10.1. The van der Waals surface area contributed by atoms with Crippen molar-refractivity contribution in [1.82, 2.24) is 20.1 Å². The molecule has 0 unspecified atom stereocenters. The number of fused-ring (bicyclic) bond motifs is 1. The van der Waals surface area contributed by atoms with E-state index < -0.39 is 5.54 Å². The molecule has 2 heterocycles. The summed E-state index contributed by atoms with van der Waals surface area (Å²) in [4.78, 5) is 30.0. The Morgan fingerprint density at radius 2 is 1.83 bits per heavy atom. The predicted octanol–water partition coefficient (Wildman–Crippen LogP) is 3.25. The molecule has 30 heavy (non-hydrogen) atoms. The fourth-order valence-electron chi connectivity index (χ4n) is 2.89. The van der Waals surface area contributed by atoms with Crippen LogP contribution in [0.3, 0.4) is 0 Å². The van der Waals surface area contributed by atoms with Gasteiger partial charge in [0.2, 0.25) is 0 Å². The average Bonchev–Trinajstić information content (AvgIpc) is 3.24. The summed E-state index contributed by atoms with van der Waals surface area (Å²) in [5.74, 6) is -0.574. The Balaban J connectivity index is 1.98. The molecule has 0 saturated heterocycles. The Morgan fingerprint density at radius 1 is 1.17 bits per heavy atom. The van der Waals surface area contributed by atoms with Crippen LogP contribution in [0.2, 0.25) is 0 Å². The van der Waals surface area contributed by atoms with Crippen molar-refractivity contribution in [2.75, 3.05) is 11.9 Å². The number of hydrogen-bond acceptors (Lipinski definition) is 6. The van der Waals surface area contributed by atoms with Crippen molar-refractivity contribution >= 4 is 38.6 Å². The maximum absolute atomic E-state index is 12.9. The third kappa shape index (κ3) is 4.52. The number of carbonyl (C=O) groups is 2. The van der Waals surface area contributed by atoms with E-state index in [0.717, 1.165) is 0 Å². The molecule has 9 heteroatoms. The van der Waals surface area contributed by atoms with Crippen LogP contribution in [0.1, 0.15) is 55.5 Å². The smallest absolute Gasteiger partial charge is 0.273 e. The molecule has 0 aliphatic carbocycles. The van der Waals surface area contributed by atoms with Gasteiger partial charge >= 0.3 is 0 Å². The lowest BCUT2D eigenvalue weighted by Crippen LogP contribution is -2.41. The van der Waals surface area contributed by atoms with Crippen LogP contribution in [0, 0.1) is 5.92 Å². The van der Waals surface area contributed by atoms with Crippen LogP contribution in [0.4, 0.5) is 5.13 Å². The maximum Gasteiger partial charge on any atom is 0.273 e. The van der Waals surface area contributed by atoms with Gasteiger partial charge in [-0.05, 0) is 38.8 Å². The number of thiazole rings is 1. The highest BCUT2D eigenvalue weighted by Gasteiger charge is 2.28. The highest BCUT2D eigenvalue weighted by atomic mass is 32.1. The van der Waals surface area contributed by atoms with Crippen LogP contribution in [-0.2, 0) is 5.54 Å². The first-order valence-electron chi connectivity index (χ1n) is 9.80. The first kappa shape index (κ1) is 21.9. The van der Waals surface area contributed by atoms with Gasteiger partial charge in [0.25, 0.3) is 11.8 Å². The highest BCUT2D eigenvalue weighted by Crippen LogP contribution is 2.32. The molecule has 1 aromatic carbocycles. The van der Waals surface area contributed by atoms with Crippen LogP contribution < -0.4 is 10.6 Å². The molecule has 3 aromatic rings. The first-order chi connectivity index (χ1) is 14.1. The fraction of sp³-hybridized carbons (Fsp3) is 0.429. The number of hydrogen-bond donors (Lipinski definition) is 3. The van der Waals surface area contributed by atoms with E-state index >= 15 is 0 Å². The van der Waals surface area contributed by atoms with Crippen molar-refractivity contribution in [2.45, 2.75) is 46.2 Å². The Bertz CT molecular complexity index is 1050. The van der Waals surface area contributed by atoms with Gasteiger partial charge in [-0.1, -0.05) is 43.4 Å². The minimum atomic E-state index is -0.417. The van der Waals surface area contributed by atoms with Gasteiger partial charge < -0.3 is 10.4 Å². The first-order valence-corrected chi connectivity index (χ1v) is 10.6. The van der Waals surface area contributed by atoms with Gasteiger partial charge in [-0.2, -0.15) is 10.1 Å². The van der Waals surface area contributed by atoms with Crippen LogP contribution in [0.5, 0.6) is 0 Å². The second kappa shape index (κ2) is 8.53. The molecule has 0 aliphatic rings. The van der Waals surface area contributed by atoms with E-state index in [9.17, 15) is 14.7 Å². The molecule has 0 aliphatic heterocycles. The summed E-state index contributed by atoms with van der Waals surface area (Å²) < 4.78 is 2.28. The van der Waals surface area contributed by atoms with Gasteiger partial charge in [-0.25, -0.2) is 4.68 Å². The lowest BCUT2D eigenvalue weighted by Gasteiger charge is -2.20. The van der Waals surface area contributed by atoms with Crippen LogP contribution in [-0.4, -0.2) is 44.3 Å². The van der Waals surface area contributed by atoms with Crippen molar-refractivity contribution in [2.24, 2.45) is 5.92 Å². The van der Waals surface area contributed by atoms with Gasteiger partial charge in [0.1, 0.15) is 4.70 Å². The van der Waals surface area contributed by atoms with Gasteiger partial charge in [0.05, 0.1) is 18.2 Å². The third-order valence-electron chi connectivity index (χ3n) is 4.65. The molecule has 0 radical (unpaired) electrons. The fourth-order valence-corrected chi connectivity index (χ4v) is 3.81. The summed E-state index contributed by atoms with van der Waals surface area (Å²) in [7, 11) is 0. The molecule has 2 amide bonds. The number of anilines is 1. The zero-order chi connectivity index (χ0) is 22.1.